The predicted molar refractivity (Wildman–Crippen MR) is 92.5 cm³/mol. The smallest absolute Gasteiger partial charge is 0.224 e. The van der Waals surface area contributed by atoms with Crippen molar-refractivity contribution in [3.8, 4) is 0 Å². The van der Waals surface area contributed by atoms with Gasteiger partial charge >= 0.3 is 0 Å². The summed E-state index contributed by atoms with van der Waals surface area (Å²) in [4.78, 5) is 20.4. The molecule has 5 nitrogen and oxygen atoms in total. The third-order valence-electron chi connectivity index (χ3n) is 4.30. The first-order valence-electron chi connectivity index (χ1n) is 8.37. The Morgan fingerprint density at radius 2 is 1.81 bits per heavy atom. The SMILES string of the molecule is O=C(CCNc1ccc(F)c(F)c1F)N1CCN(c2ccccn2)CC1. The van der Waals surface area contributed by atoms with Crippen molar-refractivity contribution in [1.82, 2.24) is 9.88 Å². The summed E-state index contributed by atoms with van der Waals surface area (Å²) >= 11 is 0. The summed E-state index contributed by atoms with van der Waals surface area (Å²) in [5.41, 5.74) is -0.156. The van der Waals surface area contributed by atoms with Gasteiger partial charge in [-0.2, -0.15) is 0 Å². The minimum atomic E-state index is -1.52. The summed E-state index contributed by atoms with van der Waals surface area (Å²) in [5, 5.41) is 2.64. The van der Waals surface area contributed by atoms with Gasteiger partial charge in [-0.25, -0.2) is 18.2 Å². The first-order chi connectivity index (χ1) is 12.6. The van der Waals surface area contributed by atoms with E-state index in [1.165, 1.54) is 0 Å². The van der Waals surface area contributed by atoms with E-state index in [2.05, 4.69) is 15.2 Å². The molecule has 1 amide bonds. The normalized spacial score (nSPS) is 14.4. The number of rotatable bonds is 5. The molecule has 2 aromatic rings. The standard InChI is InChI=1S/C18H19F3N4O/c19-13-4-5-14(18(21)17(13)20)22-8-6-16(26)25-11-9-24(10-12-25)15-3-1-2-7-23-15/h1-5,7,22H,6,8-12H2. The van der Waals surface area contributed by atoms with Gasteiger partial charge < -0.3 is 15.1 Å². The van der Waals surface area contributed by atoms with Crippen LogP contribution in [0.3, 0.4) is 0 Å². The number of piperazine rings is 1. The second-order valence-electron chi connectivity index (χ2n) is 5.96. The quantitative estimate of drug-likeness (QED) is 0.829. The number of nitrogens with one attached hydrogen (secondary N) is 1. The van der Waals surface area contributed by atoms with Crippen LogP contribution in [0.25, 0.3) is 0 Å². The van der Waals surface area contributed by atoms with E-state index >= 15 is 0 Å². The number of hydrogen-bond acceptors (Lipinski definition) is 4. The summed E-state index contributed by atoms with van der Waals surface area (Å²) in [5.74, 6) is -3.22. The molecule has 1 aromatic carbocycles. The highest BCUT2D eigenvalue weighted by Crippen LogP contribution is 2.19. The molecule has 3 rings (SSSR count). The van der Waals surface area contributed by atoms with Crippen molar-refractivity contribution in [3.05, 3.63) is 54.0 Å². The van der Waals surface area contributed by atoms with Crippen LogP contribution in [0.5, 0.6) is 0 Å². The molecule has 2 heterocycles. The maximum Gasteiger partial charge on any atom is 0.224 e. The lowest BCUT2D eigenvalue weighted by Gasteiger charge is -2.35. The molecule has 26 heavy (non-hydrogen) atoms. The van der Waals surface area contributed by atoms with Crippen molar-refractivity contribution >= 4 is 17.4 Å². The minimum Gasteiger partial charge on any atom is -0.382 e. The van der Waals surface area contributed by atoms with Crippen molar-refractivity contribution in [3.63, 3.8) is 0 Å². The Kier molecular flexibility index (Phi) is 5.60. The van der Waals surface area contributed by atoms with E-state index in [1.54, 1.807) is 11.1 Å². The van der Waals surface area contributed by atoms with E-state index in [0.717, 1.165) is 18.0 Å². The fourth-order valence-corrected chi connectivity index (χ4v) is 2.85. The molecule has 0 saturated carbocycles. The number of carbonyl (C=O) groups is 1. The van der Waals surface area contributed by atoms with E-state index in [4.69, 9.17) is 0 Å². The summed E-state index contributed by atoms with van der Waals surface area (Å²) in [7, 11) is 0. The molecule has 0 atom stereocenters. The Morgan fingerprint density at radius 1 is 1.04 bits per heavy atom. The first-order valence-corrected chi connectivity index (χ1v) is 8.37. The van der Waals surface area contributed by atoms with E-state index < -0.39 is 17.5 Å². The van der Waals surface area contributed by atoms with Gasteiger partial charge in [-0.3, -0.25) is 4.79 Å². The van der Waals surface area contributed by atoms with Gasteiger partial charge in [-0.05, 0) is 24.3 Å². The van der Waals surface area contributed by atoms with Crippen molar-refractivity contribution in [1.29, 1.82) is 0 Å². The van der Waals surface area contributed by atoms with Crippen LogP contribution in [0.4, 0.5) is 24.7 Å². The summed E-state index contributed by atoms with van der Waals surface area (Å²) < 4.78 is 39.6. The van der Waals surface area contributed by atoms with E-state index in [9.17, 15) is 18.0 Å². The zero-order valence-corrected chi connectivity index (χ0v) is 14.1. The van der Waals surface area contributed by atoms with Crippen molar-refractivity contribution < 1.29 is 18.0 Å². The molecule has 0 bridgehead atoms. The largest absolute Gasteiger partial charge is 0.382 e. The number of aromatic nitrogens is 1. The van der Waals surface area contributed by atoms with Gasteiger partial charge in [0.1, 0.15) is 5.82 Å². The molecule has 1 saturated heterocycles. The zero-order valence-electron chi connectivity index (χ0n) is 14.1. The van der Waals surface area contributed by atoms with Gasteiger partial charge in [0.2, 0.25) is 5.91 Å². The van der Waals surface area contributed by atoms with Gasteiger partial charge in [0, 0.05) is 45.3 Å². The Labute approximate surface area is 149 Å². The Hall–Kier alpha value is -2.77. The van der Waals surface area contributed by atoms with Crippen molar-refractivity contribution in [2.24, 2.45) is 0 Å². The molecular formula is C18H19F3N4O. The number of benzene rings is 1. The Morgan fingerprint density at radius 3 is 2.50 bits per heavy atom. The fraction of sp³-hybridized carbons (Fsp3) is 0.333. The lowest BCUT2D eigenvalue weighted by molar-refractivity contribution is -0.131. The van der Waals surface area contributed by atoms with Gasteiger partial charge in [0.15, 0.2) is 17.5 Å². The Bertz CT molecular complexity index is 765. The van der Waals surface area contributed by atoms with E-state index in [1.807, 2.05) is 18.2 Å². The summed E-state index contributed by atoms with van der Waals surface area (Å²) in [6.45, 7) is 2.67. The van der Waals surface area contributed by atoms with Gasteiger partial charge in [-0.1, -0.05) is 6.07 Å². The van der Waals surface area contributed by atoms with Crippen LogP contribution in [0.2, 0.25) is 0 Å². The number of carbonyl (C=O) groups excluding carboxylic acids is 1. The van der Waals surface area contributed by atoms with Crippen LogP contribution in [0.15, 0.2) is 36.5 Å². The van der Waals surface area contributed by atoms with Crippen LogP contribution in [0, 0.1) is 17.5 Å². The summed E-state index contributed by atoms with van der Waals surface area (Å²) in [6, 6.07) is 7.66. The molecule has 1 aromatic heterocycles. The maximum atomic E-state index is 13.6. The number of pyridine rings is 1. The molecule has 1 fully saturated rings. The molecule has 0 unspecified atom stereocenters. The number of hydrogen-bond donors (Lipinski definition) is 1. The Balaban J connectivity index is 1.46. The topological polar surface area (TPSA) is 48.5 Å². The molecule has 138 valence electrons. The molecule has 0 spiro atoms. The average Bonchev–Trinajstić information content (AvgIpc) is 2.68. The molecule has 1 N–H and O–H groups in total. The lowest BCUT2D eigenvalue weighted by atomic mass is 10.2. The third kappa shape index (κ3) is 4.07. The highest BCUT2D eigenvalue weighted by Gasteiger charge is 2.21. The molecule has 8 heteroatoms. The number of amides is 1. The molecule has 1 aliphatic rings. The van der Waals surface area contributed by atoms with Crippen molar-refractivity contribution in [2.45, 2.75) is 6.42 Å². The maximum absolute atomic E-state index is 13.6. The van der Waals surface area contributed by atoms with Gasteiger partial charge in [-0.15, -0.1) is 0 Å². The van der Waals surface area contributed by atoms with E-state index in [0.29, 0.717) is 26.2 Å². The number of halogens is 3. The second-order valence-corrected chi connectivity index (χ2v) is 5.96. The molecule has 0 radical (unpaired) electrons. The lowest BCUT2D eigenvalue weighted by Crippen LogP contribution is -2.49. The van der Waals surface area contributed by atoms with Crippen LogP contribution in [-0.2, 0) is 4.79 Å². The van der Waals surface area contributed by atoms with Crippen LogP contribution < -0.4 is 10.2 Å². The predicted octanol–water partition coefficient (Wildman–Crippen LogP) is 2.65. The number of anilines is 2. The first kappa shape index (κ1) is 18.0. The summed E-state index contributed by atoms with van der Waals surface area (Å²) in [6.07, 6.45) is 1.87. The number of nitrogens with zero attached hydrogens (tertiary/aromatic N) is 3. The second kappa shape index (κ2) is 8.07. The van der Waals surface area contributed by atoms with Crippen LogP contribution in [-0.4, -0.2) is 48.5 Å². The molecular weight excluding hydrogens is 345 g/mol. The van der Waals surface area contributed by atoms with Gasteiger partial charge in [0.25, 0.3) is 0 Å². The highest BCUT2D eigenvalue weighted by atomic mass is 19.2. The van der Waals surface area contributed by atoms with Crippen LogP contribution in [0.1, 0.15) is 6.42 Å². The average molecular weight is 364 g/mol. The third-order valence-corrected chi connectivity index (χ3v) is 4.30. The van der Waals surface area contributed by atoms with E-state index in [-0.39, 0.29) is 24.6 Å². The monoisotopic (exact) mass is 364 g/mol. The van der Waals surface area contributed by atoms with Crippen molar-refractivity contribution in [2.75, 3.05) is 42.9 Å². The fourth-order valence-electron chi connectivity index (χ4n) is 2.85. The minimum absolute atomic E-state index is 0.0684. The van der Waals surface area contributed by atoms with Crippen LogP contribution >= 0.6 is 0 Å². The van der Waals surface area contributed by atoms with Gasteiger partial charge in [0.05, 0.1) is 5.69 Å². The zero-order chi connectivity index (χ0) is 18.5. The molecule has 1 aliphatic heterocycles. The highest BCUT2D eigenvalue weighted by molar-refractivity contribution is 5.77. The molecule has 0 aliphatic carbocycles.